The first kappa shape index (κ1) is 36.0. The predicted octanol–water partition coefficient (Wildman–Crippen LogP) is 9.28. The maximum absolute atomic E-state index is 12.8. The minimum Gasteiger partial charge on any atom is -0.457 e. The van der Waals surface area contributed by atoms with Crippen LogP contribution in [0, 0.1) is 5.92 Å². The van der Waals surface area contributed by atoms with Crippen molar-refractivity contribution in [1.29, 1.82) is 0 Å². The second kappa shape index (κ2) is 17.0. The maximum Gasteiger partial charge on any atom is 0.319 e. The number of hydrogen-bond donors (Lipinski definition) is 3. The molecule has 0 saturated carbocycles. The molecule has 1 fully saturated rings. The Morgan fingerprint density at radius 3 is 2.30 bits per heavy atom. The number of carbonyl (C=O) groups is 1. The first-order valence-electron chi connectivity index (χ1n) is 17.6. The fourth-order valence-electron chi connectivity index (χ4n) is 6.27. The van der Waals surface area contributed by atoms with Gasteiger partial charge in [-0.1, -0.05) is 97.5 Å². The SMILES string of the molecule is C[C@@H]1[C@H](CSc2nccn2C)O[C@H](c2cccc(-c3cccc(CNC(=O)Nc4ccc(Oc5ccccc5)cc4)c3)c2)O[C@@H]1c1ccc(CO)cc1. The number of nitrogens with zero attached hydrogens (tertiary/aromatic N) is 2. The normalized spacial score (nSPS) is 18.3. The Hall–Kier alpha value is -5.39. The number of aromatic nitrogens is 2. The molecule has 0 aliphatic carbocycles. The van der Waals surface area contributed by atoms with E-state index in [1.54, 1.807) is 18.0 Å². The summed E-state index contributed by atoms with van der Waals surface area (Å²) in [5.41, 5.74) is 6.48. The fraction of sp³-hybridized carbons (Fsp3) is 0.209. The van der Waals surface area contributed by atoms with E-state index in [9.17, 15) is 9.90 Å². The summed E-state index contributed by atoms with van der Waals surface area (Å²) in [5, 5.41) is 16.4. The van der Waals surface area contributed by atoms with Crippen molar-refractivity contribution in [3.63, 3.8) is 0 Å². The lowest BCUT2D eigenvalue weighted by Crippen LogP contribution is -2.38. The smallest absolute Gasteiger partial charge is 0.319 e. The van der Waals surface area contributed by atoms with Crippen molar-refractivity contribution in [3.8, 4) is 22.6 Å². The quantitative estimate of drug-likeness (QED) is 0.108. The summed E-state index contributed by atoms with van der Waals surface area (Å²) < 4.78 is 21.3. The number of benzene rings is 5. The van der Waals surface area contributed by atoms with Crippen molar-refractivity contribution >= 4 is 23.5 Å². The number of nitrogens with one attached hydrogen (secondary N) is 2. The molecule has 2 amide bonds. The molecule has 1 saturated heterocycles. The molecule has 1 aliphatic heterocycles. The number of urea groups is 1. The molecular weight excluding hydrogens is 685 g/mol. The lowest BCUT2D eigenvalue weighted by atomic mass is 9.91. The summed E-state index contributed by atoms with van der Waals surface area (Å²) in [5.74, 6) is 2.22. The Morgan fingerprint density at radius 2 is 1.57 bits per heavy atom. The zero-order valence-electron chi connectivity index (χ0n) is 29.6. The molecule has 1 aromatic heterocycles. The fourth-order valence-corrected chi connectivity index (χ4v) is 7.37. The van der Waals surface area contributed by atoms with E-state index in [2.05, 4.69) is 46.8 Å². The van der Waals surface area contributed by atoms with Gasteiger partial charge in [0.05, 0.1) is 18.8 Å². The number of aliphatic hydroxyl groups is 1. The molecule has 4 atom stereocenters. The van der Waals surface area contributed by atoms with Crippen LogP contribution in [0.1, 0.15) is 41.6 Å². The molecule has 2 heterocycles. The minimum absolute atomic E-state index is 0.00619. The van der Waals surface area contributed by atoms with E-state index >= 15 is 0 Å². The number of rotatable bonds is 12. The van der Waals surface area contributed by atoms with Gasteiger partial charge >= 0.3 is 6.03 Å². The second-order valence-corrected chi connectivity index (χ2v) is 14.0. The number of imidazole rings is 1. The third-order valence-electron chi connectivity index (χ3n) is 9.24. The van der Waals surface area contributed by atoms with Crippen molar-refractivity contribution in [3.05, 3.63) is 162 Å². The Kier molecular flexibility index (Phi) is 11.5. The van der Waals surface area contributed by atoms with Crippen LogP contribution >= 0.6 is 11.8 Å². The van der Waals surface area contributed by atoms with Crippen LogP contribution in [0.25, 0.3) is 11.1 Å². The number of amides is 2. The number of hydrogen-bond acceptors (Lipinski definition) is 7. The van der Waals surface area contributed by atoms with Crippen LogP contribution in [0.5, 0.6) is 11.5 Å². The van der Waals surface area contributed by atoms with Crippen LogP contribution in [0.3, 0.4) is 0 Å². The zero-order valence-corrected chi connectivity index (χ0v) is 30.4. The molecule has 6 aromatic rings. The summed E-state index contributed by atoms with van der Waals surface area (Å²) in [4.78, 5) is 17.3. The Balaban J connectivity index is 1.02. The van der Waals surface area contributed by atoms with E-state index in [0.717, 1.165) is 44.3 Å². The third-order valence-corrected chi connectivity index (χ3v) is 10.4. The van der Waals surface area contributed by atoms with E-state index in [0.29, 0.717) is 23.7 Å². The van der Waals surface area contributed by atoms with Gasteiger partial charge < -0.3 is 34.5 Å². The highest BCUT2D eigenvalue weighted by atomic mass is 32.2. The van der Waals surface area contributed by atoms with Gasteiger partial charge in [-0.05, 0) is 76.3 Å². The van der Waals surface area contributed by atoms with Crippen LogP contribution < -0.4 is 15.4 Å². The number of carbonyl (C=O) groups excluding carboxylic acids is 1. The molecule has 0 radical (unpaired) electrons. The van der Waals surface area contributed by atoms with E-state index in [1.165, 1.54) is 0 Å². The van der Waals surface area contributed by atoms with E-state index < -0.39 is 6.29 Å². The van der Waals surface area contributed by atoms with Gasteiger partial charge in [0.25, 0.3) is 0 Å². The molecule has 10 heteroatoms. The molecule has 270 valence electrons. The van der Waals surface area contributed by atoms with Gasteiger partial charge in [0.1, 0.15) is 11.5 Å². The number of aliphatic hydroxyl groups excluding tert-OH is 1. The third kappa shape index (κ3) is 9.16. The largest absolute Gasteiger partial charge is 0.457 e. The summed E-state index contributed by atoms with van der Waals surface area (Å²) in [6.07, 6.45) is 2.84. The van der Waals surface area contributed by atoms with E-state index in [-0.39, 0.29) is 30.8 Å². The Labute approximate surface area is 314 Å². The predicted molar refractivity (Wildman–Crippen MR) is 208 cm³/mol. The van der Waals surface area contributed by atoms with Gasteiger partial charge in [-0.2, -0.15) is 0 Å². The van der Waals surface area contributed by atoms with Crippen molar-refractivity contribution in [2.75, 3.05) is 11.1 Å². The lowest BCUT2D eigenvalue weighted by molar-refractivity contribution is -0.268. The molecule has 0 bridgehead atoms. The second-order valence-electron chi connectivity index (χ2n) is 13.0. The number of thioether (sulfide) groups is 1. The van der Waals surface area contributed by atoms with Gasteiger partial charge in [0, 0.05) is 48.9 Å². The highest BCUT2D eigenvalue weighted by Gasteiger charge is 2.38. The summed E-state index contributed by atoms with van der Waals surface area (Å²) >= 11 is 1.67. The number of anilines is 1. The van der Waals surface area contributed by atoms with Crippen LogP contribution in [0.2, 0.25) is 0 Å². The average Bonchev–Trinajstić information content (AvgIpc) is 3.62. The molecule has 9 nitrogen and oxygen atoms in total. The van der Waals surface area contributed by atoms with Crippen molar-refractivity contribution < 1.29 is 24.1 Å². The first-order chi connectivity index (χ1) is 25.9. The maximum atomic E-state index is 12.8. The standard InChI is InChI=1S/C43H42N4O5S/c1-29-39(28-53-43-44-22-23-47(43)2)51-41(52-40(29)32-16-14-30(27-48)15-17-32)35-11-7-10-34(25-35)33-9-6-8-31(24-33)26-45-42(49)46-36-18-20-38(21-19-36)50-37-12-4-3-5-13-37/h3-25,29,39-41,48H,26-28H2,1-2H3,(H2,45,46,49)/t29-,39+,40+,41+/m1/s1. The van der Waals surface area contributed by atoms with Gasteiger partial charge in [-0.3, -0.25) is 0 Å². The Bertz CT molecular complexity index is 2110. The van der Waals surface area contributed by atoms with Crippen LogP contribution in [0.15, 0.2) is 145 Å². The summed E-state index contributed by atoms with van der Waals surface area (Å²) in [7, 11) is 1.99. The topological polar surface area (TPSA) is 107 Å². The zero-order chi connectivity index (χ0) is 36.6. The molecule has 0 unspecified atom stereocenters. The molecule has 3 N–H and O–H groups in total. The molecule has 1 aliphatic rings. The van der Waals surface area contributed by atoms with Gasteiger partial charge in [-0.25, -0.2) is 9.78 Å². The first-order valence-corrected chi connectivity index (χ1v) is 18.6. The number of para-hydroxylation sites is 1. The van der Waals surface area contributed by atoms with Crippen molar-refractivity contribution in [1.82, 2.24) is 14.9 Å². The van der Waals surface area contributed by atoms with Gasteiger partial charge in [0.15, 0.2) is 11.4 Å². The van der Waals surface area contributed by atoms with Crippen molar-refractivity contribution in [2.45, 2.75) is 43.7 Å². The number of aryl methyl sites for hydroxylation is 1. The van der Waals surface area contributed by atoms with Crippen LogP contribution in [-0.4, -0.2) is 32.5 Å². The molecule has 0 spiro atoms. The summed E-state index contributed by atoms with van der Waals surface area (Å²) in [6, 6.07) is 40.8. The average molecular weight is 727 g/mol. The van der Waals surface area contributed by atoms with Gasteiger partial charge in [-0.15, -0.1) is 0 Å². The summed E-state index contributed by atoms with van der Waals surface area (Å²) in [6.45, 7) is 2.51. The van der Waals surface area contributed by atoms with Gasteiger partial charge in [0.2, 0.25) is 0 Å². The lowest BCUT2D eigenvalue weighted by Gasteiger charge is -2.41. The van der Waals surface area contributed by atoms with E-state index in [1.807, 2.05) is 121 Å². The van der Waals surface area contributed by atoms with E-state index in [4.69, 9.17) is 14.2 Å². The number of ether oxygens (including phenoxy) is 3. The molecule has 5 aromatic carbocycles. The monoisotopic (exact) mass is 726 g/mol. The highest BCUT2D eigenvalue weighted by molar-refractivity contribution is 7.99. The Morgan fingerprint density at radius 1 is 0.830 bits per heavy atom. The minimum atomic E-state index is -0.590. The van der Waals surface area contributed by atoms with Crippen LogP contribution in [0.4, 0.5) is 10.5 Å². The van der Waals surface area contributed by atoms with Crippen LogP contribution in [-0.2, 0) is 29.7 Å². The molecular formula is C43H42N4O5S. The molecule has 7 rings (SSSR count). The molecule has 53 heavy (non-hydrogen) atoms. The highest BCUT2D eigenvalue weighted by Crippen LogP contribution is 2.43. The van der Waals surface area contributed by atoms with Crippen molar-refractivity contribution in [2.24, 2.45) is 13.0 Å².